The maximum atomic E-state index is 12.9. The molecule has 0 atom stereocenters. The fourth-order valence-corrected chi connectivity index (χ4v) is 2.72. The number of nitrogens with zero attached hydrogens (tertiary/aromatic N) is 4. The number of fused-ring (bicyclic) bond motifs is 1. The van der Waals surface area contributed by atoms with Crippen molar-refractivity contribution >= 4 is 11.7 Å². The van der Waals surface area contributed by atoms with E-state index in [1.54, 1.807) is 17.9 Å². The van der Waals surface area contributed by atoms with Crippen molar-refractivity contribution in [2.45, 2.75) is 39.7 Å². The lowest BCUT2D eigenvalue weighted by Crippen LogP contribution is -2.37. The molecule has 116 valence electrons. The third kappa shape index (κ3) is 2.43. The molecule has 2 aromatic heterocycles. The van der Waals surface area contributed by atoms with Crippen molar-refractivity contribution in [3.05, 3.63) is 34.3 Å². The summed E-state index contributed by atoms with van der Waals surface area (Å²) in [4.78, 5) is 14.6. The standard InChI is InChI=1S/C15H19N5O2/c1-8(2)14-13(9(3)19-22-14)15(21)20-5-4-11-10(7-20)6-12(16)18-17-11/h6,8H,4-5,7H2,1-3H3,(H2,16,18). The normalized spacial score (nSPS) is 14.3. The fraction of sp³-hybridized carbons (Fsp3) is 0.467. The number of nitrogens with two attached hydrogens (primary N) is 1. The zero-order valence-corrected chi connectivity index (χ0v) is 13.0. The Hall–Kier alpha value is -2.44. The Morgan fingerprint density at radius 2 is 2.18 bits per heavy atom. The molecule has 0 unspecified atom stereocenters. The molecule has 22 heavy (non-hydrogen) atoms. The summed E-state index contributed by atoms with van der Waals surface area (Å²) in [5.41, 5.74) is 8.75. The van der Waals surface area contributed by atoms with Crippen LogP contribution in [0.3, 0.4) is 0 Å². The van der Waals surface area contributed by atoms with Gasteiger partial charge in [-0.15, -0.1) is 5.10 Å². The Balaban J connectivity index is 1.90. The summed E-state index contributed by atoms with van der Waals surface area (Å²) in [5, 5.41) is 11.9. The molecule has 0 aromatic carbocycles. The zero-order chi connectivity index (χ0) is 15.9. The second-order valence-corrected chi connectivity index (χ2v) is 5.88. The number of nitrogen functional groups attached to an aromatic ring is 1. The first-order chi connectivity index (χ1) is 10.5. The molecule has 1 amide bonds. The summed E-state index contributed by atoms with van der Waals surface area (Å²) in [6.07, 6.45) is 0.676. The van der Waals surface area contributed by atoms with Crippen LogP contribution in [0, 0.1) is 6.92 Å². The van der Waals surface area contributed by atoms with E-state index < -0.39 is 0 Å². The largest absolute Gasteiger partial charge is 0.382 e. The maximum Gasteiger partial charge on any atom is 0.259 e. The van der Waals surface area contributed by atoms with Crippen LogP contribution in [0.4, 0.5) is 5.82 Å². The Kier molecular flexibility index (Phi) is 3.56. The molecule has 1 aliphatic rings. The van der Waals surface area contributed by atoms with Crippen molar-refractivity contribution in [1.82, 2.24) is 20.3 Å². The van der Waals surface area contributed by atoms with Gasteiger partial charge in [-0.05, 0) is 18.6 Å². The Morgan fingerprint density at radius 3 is 2.91 bits per heavy atom. The Morgan fingerprint density at radius 1 is 1.41 bits per heavy atom. The first kappa shape index (κ1) is 14.5. The zero-order valence-electron chi connectivity index (χ0n) is 13.0. The van der Waals surface area contributed by atoms with Crippen molar-refractivity contribution in [1.29, 1.82) is 0 Å². The summed E-state index contributed by atoms with van der Waals surface area (Å²) >= 11 is 0. The van der Waals surface area contributed by atoms with Gasteiger partial charge in [-0.3, -0.25) is 4.79 Å². The number of anilines is 1. The van der Waals surface area contributed by atoms with Crippen LogP contribution in [0.25, 0.3) is 0 Å². The van der Waals surface area contributed by atoms with Crippen molar-refractivity contribution < 1.29 is 9.32 Å². The lowest BCUT2D eigenvalue weighted by Gasteiger charge is -2.28. The second-order valence-electron chi connectivity index (χ2n) is 5.88. The van der Waals surface area contributed by atoms with Crippen molar-refractivity contribution in [3.8, 4) is 0 Å². The first-order valence-corrected chi connectivity index (χ1v) is 7.33. The minimum atomic E-state index is -0.0523. The SMILES string of the molecule is Cc1noc(C(C)C)c1C(=O)N1CCc2nnc(N)cc2C1. The number of aromatic nitrogens is 3. The molecule has 2 N–H and O–H groups in total. The van der Waals surface area contributed by atoms with E-state index in [9.17, 15) is 4.79 Å². The van der Waals surface area contributed by atoms with Crippen LogP contribution in [0.15, 0.2) is 10.6 Å². The van der Waals surface area contributed by atoms with Crippen LogP contribution in [-0.4, -0.2) is 32.7 Å². The molecular weight excluding hydrogens is 282 g/mol. The Labute approximate surface area is 128 Å². The number of carbonyl (C=O) groups is 1. The van der Waals surface area contributed by atoms with Gasteiger partial charge in [0.25, 0.3) is 5.91 Å². The lowest BCUT2D eigenvalue weighted by molar-refractivity contribution is 0.0729. The van der Waals surface area contributed by atoms with Gasteiger partial charge in [0.05, 0.1) is 11.4 Å². The molecule has 2 aromatic rings. The number of amides is 1. The number of carbonyl (C=O) groups excluding carboxylic acids is 1. The van der Waals surface area contributed by atoms with E-state index in [1.807, 2.05) is 13.8 Å². The van der Waals surface area contributed by atoms with Gasteiger partial charge in [-0.2, -0.15) is 5.10 Å². The minimum Gasteiger partial charge on any atom is -0.382 e. The molecule has 7 heteroatoms. The molecule has 0 radical (unpaired) electrons. The number of hydrogen-bond acceptors (Lipinski definition) is 6. The monoisotopic (exact) mass is 301 g/mol. The van der Waals surface area contributed by atoms with Gasteiger partial charge in [-0.25, -0.2) is 0 Å². The molecule has 0 fully saturated rings. The molecule has 3 rings (SSSR count). The summed E-state index contributed by atoms with van der Waals surface area (Å²) in [6, 6.07) is 1.78. The topological polar surface area (TPSA) is 98.1 Å². The maximum absolute atomic E-state index is 12.9. The van der Waals surface area contributed by atoms with Crippen molar-refractivity contribution in [3.63, 3.8) is 0 Å². The molecule has 7 nitrogen and oxygen atoms in total. The smallest absolute Gasteiger partial charge is 0.259 e. The lowest BCUT2D eigenvalue weighted by atomic mass is 10.0. The molecule has 0 saturated carbocycles. The van der Waals surface area contributed by atoms with Gasteiger partial charge in [0, 0.05) is 25.4 Å². The summed E-state index contributed by atoms with van der Waals surface area (Å²) in [7, 11) is 0. The summed E-state index contributed by atoms with van der Waals surface area (Å²) < 4.78 is 5.32. The number of rotatable bonds is 2. The average Bonchev–Trinajstić information content (AvgIpc) is 2.87. The van der Waals surface area contributed by atoms with Crippen LogP contribution in [0.1, 0.15) is 52.8 Å². The van der Waals surface area contributed by atoms with Crippen LogP contribution in [0.5, 0.6) is 0 Å². The molecule has 0 aliphatic carbocycles. The van der Waals surface area contributed by atoms with E-state index in [0.717, 1.165) is 11.3 Å². The molecule has 0 spiro atoms. The minimum absolute atomic E-state index is 0.0523. The van der Waals surface area contributed by atoms with E-state index in [2.05, 4.69) is 15.4 Å². The van der Waals surface area contributed by atoms with E-state index in [0.29, 0.717) is 42.3 Å². The first-order valence-electron chi connectivity index (χ1n) is 7.33. The van der Waals surface area contributed by atoms with Crippen LogP contribution >= 0.6 is 0 Å². The van der Waals surface area contributed by atoms with Gasteiger partial charge in [-0.1, -0.05) is 19.0 Å². The molecular formula is C15H19N5O2. The molecule has 3 heterocycles. The molecule has 1 aliphatic heterocycles. The predicted octanol–water partition coefficient (Wildman–Crippen LogP) is 1.68. The molecule has 0 bridgehead atoms. The predicted molar refractivity (Wildman–Crippen MR) is 80.2 cm³/mol. The fourth-order valence-electron chi connectivity index (χ4n) is 2.72. The van der Waals surface area contributed by atoms with Crippen LogP contribution in [-0.2, 0) is 13.0 Å². The Bertz CT molecular complexity index is 723. The summed E-state index contributed by atoms with van der Waals surface area (Å²) in [6.45, 7) is 6.85. The summed E-state index contributed by atoms with van der Waals surface area (Å²) in [5.74, 6) is 1.07. The highest BCUT2D eigenvalue weighted by atomic mass is 16.5. The highest BCUT2D eigenvalue weighted by Crippen LogP contribution is 2.26. The van der Waals surface area contributed by atoms with Gasteiger partial charge >= 0.3 is 0 Å². The number of hydrogen-bond donors (Lipinski definition) is 1. The highest BCUT2D eigenvalue weighted by molar-refractivity contribution is 5.96. The van der Waals surface area contributed by atoms with Gasteiger partial charge < -0.3 is 15.2 Å². The van der Waals surface area contributed by atoms with Crippen LogP contribution in [0.2, 0.25) is 0 Å². The molecule has 0 saturated heterocycles. The average molecular weight is 301 g/mol. The quantitative estimate of drug-likeness (QED) is 0.906. The van der Waals surface area contributed by atoms with Gasteiger partial charge in [0.15, 0.2) is 5.76 Å². The van der Waals surface area contributed by atoms with E-state index in [-0.39, 0.29) is 11.8 Å². The highest BCUT2D eigenvalue weighted by Gasteiger charge is 2.29. The van der Waals surface area contributed by atoms with Gasteiger partial charge in [0.2, 0.25) is 0 Å². The van der Waals surface area contributed by atoms with Crippen LogP contribution < -0.4 is 5.73 Å². The van der Waals surface area contributed by atoms with Crippen molar-refractivity contribution in [2.75, 3.05) is 12.3 Å². The second kappa shape index (κ2) is 5.40. The van der Waals surface area contributed by atoms with E-state index in [4.69, 9.17) is 10.3 Å². The number of aryl methyl sites for hydroxylation is 1. The van der Waals surface area contributed by atoms with Gasteiger partial charge in [0.1, 0.15) is 11.4 Å². The van der Waals surface area contributed by atoms with E-state index in [1.165, 1.54) is 0 Å². The van der Waals surface area contributed by atoms with E-state index >= 15 is 0 Å². The third-order valence-electron chi connectivity index (χ3n) is 3.87. The third-order valence-corrected chi connectivity index (χ3v) is 3.87. The van der Waals surface area contributed by atoms with Crippen molar-refractivity contribution in [2.24, 2.45) is 0 Å².